The highest BCUT2D eigenvalue weighted by atomic mass is 16.5. The molecule has 0 amide bonds. The Morgan fingerprint density at radius 2 is 1.80 bits per heavy atom. The van der Waals surface area contributed by atoms with E-state index in [1.165, 1.54) is 11.1 Å². The maximum Gasteiger partial charge on any atom is 0.126 e. The Morgan fingerprint density at radius 1 is 1.13 bits per heavy atom. The number of fused-ring (bicyclic) bond motifs is 1. The van der Waals surface area contributed by atoms with Crippen LogP contribution in [0.2, 0.25) is 0 Å². The van der Waals surface area contributed by atoms with Gasteiger partial charge in [0.05, 0.1) is 18.8 Å². The first-order valence-corrected chi connectivity index (χ1v) is 11.0. The number of aliphatic hydroxyl groups is 2. The Kier molecular flexibility index (Phi) is 6.05. The zero-order valence-electron chi connectivity index (χ0n) is 18.2. The minimum atomic E-state index is -0.529. The van der Waals surface area contributed by atoms with Gasteiger partial charge in [0.2, 0.25) is 0 Å². The molecule has 0 saturated carbocycles. The van der Waals surface area contributed by atoms with Gasteiger partial charge in [0.25, 0.3) is 0 Å². The van der Waals surface area contributed by atoms with E-state index in [1.54, 1.807) is 0 Å². The predicted molar refractivity (Wildman–Crippen MR) is 117 cm³/mol. The minimum absolute atomic E-state index is 0.311. The van der Waals surface area contributed by atoms with Gasteiger partial charge >= 0.3 is 0 Å². The van der Waals surface area contributed by atoms with E-state index in [2.05, 4.69) is 30.9 Å². The highest BCUT2D eigenvalue weighted by Crippen LogP contribution is 2.45. The third kappa shape index (κ3) is 4.34. The van der Waals surface area contributed by atoms with Crippen LogP contribution in [0.4, 0.5) is 0 Å². The Labute approximate surface area is 179 Å². The molecule has 2 atom stereocenters. The van der Waals surface area contributed by atoms with Gasteiger partial charge in [-0.2, -0.15) is 0 Å². The number of ether oxygens (including phenoxy) is 2. The number of rotatable bonds is 5. The standard InChI is InChI=1S/C25H33NO4/c1-4-29-20-7-5-19(6-8-20)23(28)16-26-11-9-25(10-12-26)15-22(27)21-13-17(2)18(3)14-24(21)30-25/h5-8,13-14,22-23,27-28H,4,9-12,15-16H2,1-3H3. The molecular formula is C25H33NO4. The van der Waals surface area contributed by atoms with Crippen molar-refractivity contribution in [1.82, 2.24) is 4.90 Å². The fraction of sp³-hybridized carbons (Fsp3) is 0.520. The molecule has 2 aromatic carbocycles. The normalized spacial score (nSPS) is 21.7. The SMILES string of the molecule is CCOc1ccc(C(O)CN2CCC3(CC2)CC(O)c2cc(C)c(C)cc2O3)cc1. The maximum atomic E-state index is 10.8. The molecule has 0 radical (unpaired) electrons. The van der Waals surface area contributed by atoms with Crippen LogP contribution in [0.15, 0.2) is 36.4 Å². The third-order valence-electron chi connectivity index (χ3n) is 6.65. The summed E-state index contributed by atoms with van der Waals surface area (Å²) in [5.41, 5.74) is 3.88. The molecule has 5 heteroatoms. The van der Waals surface area contributed by atoms with Crippen LogP contribution >= 0.6 is 0 Å². The molecule has 4 rings (SSSR count). The number of piperidine rings is 1. The lowest BCUT2D eigenvalue weighted by Gasteiger charge is -2.46. The summed E-state index contributed by atoms with van der Waals surface area (Å²) >= 11 is 0. The number of benzene rings is 2. The highest BCUT2D eigenvalue weighted by molar-refractivity contribution is 5.45. The van der Waals surface area contributed by atoms with Crippen molar-refractivity contribution in [3.63, 3.8) is 0 Å². The van der Waals surface area contributed by atoms with E-state index in [9.17, 15) is 10.2 Å². The molecule has 2 aliphatic rings. The van der Waals surface area contributed by atoms with Crippen molar-refractivity contribution < 1.29 is 19.7 Å². The van der Waals surface area contributed by atoms with Crippen molar-refractivity contribution in [3.8, 4) is 11.5 Å². The molecule has 1 saturated heterocycles. The molecule has 162 valence electrons. The molecule has 5 nitrogen and oxygen atoms in total. The average molecular weight is 412 g/mol. The van der Waals surface area contributed by atoms with Gasteiger partial charge in [-0.25, -0.2) is 0 Å². The number of likely N-dealkylation sites (tertiary alicyclic amines) is 1. The topological polar surface area (TPSA) is 62.2 Å². The zero-order valence-corrected chi connectivity index (χ0v) is 18.2. The first-order chi connectivity index (χ1) is 14.4. The van der Waals surface area contributed by atoms with Crippen LogP contribution in [0, 0.1) is 13.8 Å². The summed E-state index contributed by atoms with van der Waals surface area (Å²) in [6.07, 6.45) is 1.34. The highest BCUT2D eigenvalue weighted by Gasteiger charge is 2.43. The monoisotopic (exact) mass is 411 g/mol. The predicted octanol–water partition coefficient (Wildman–Crippen LogP) is 4.09. The van der Waals surface area contributed by atoms with E-state index >= 15 is 0 Å². The van der Waals surface area contributed by atoms with Crippen LogP contribution in [0.3, 0.4) is 0 Å². The van der Waals surface area contributed by atoms with Crippen LogP contribution in [-0.2, 0) is 0 Å². The van der Waals surface area contributed by atoms with Crippen LogP contribution in [-0.4, -0.2) is 47.0 Å². The quantitative estimate of drug-likeness (QED) is 0.776. The van der Waals surface area contributed by atoms with Gasteiger partial charge in [-0.15, -0.1) is 0 Å². The van der Waals surface area contributed by atoms with Crippen LogP contribution in [0.5, 0.6) is 11.5 Å². The van der Waals surface area contributed by atoms with E-state index in [4.69, 9.17) is 9.47 Å². The lowest BCUT2D eigenvalue weighted by Crippen LogP contribution is -2.51. The smallest absolute Gasteiger partial charge is 0.126 e. The average Bonchev–Trinajstić information content (AvgIpc) is 2.72. The van der Waals surface area contributed by atoms with Gasteiger partial charge in [-0.3, -0.25) is 0 Å². The molecule has 2 unspecified atom stereocenters. The van der Waals surface area contributed by atoms with Gasteiger partial charge < -0.3 is 24.6 Å². The Hall–Kier alpha value is -2.08. The van der Waals surface area contributed by atoms with Gasteiger partial charge in [0, 0.05) is 31.6 Å². The molecule has 2 aliphatic heterocycles. The van der Waals surface area contributed by atoms with Gasteiger partial charge in [-0.1, -0.05) is 12.1 Å². The summed E-state index contributed by atoms with van der Waals surface area (Å²) in [6.45, 7) is 9.04. The molecule has 1 spiro atoms. The van der Waals surface area contributed by atoms with E-state index < -0.39 is 12.2 Å². The van der Waals surface area contributed by atoms with Crippen molar-refractivity contribution in [1.29, 1.82) is 0 Å². The second-order valence-electron chi connectivity index (χ2n) is 8.80. The molecule has 2 aromatic rings. The molecule has 2 heterocycles. The maximum absolute atomic E-state index is 10.8. The number of hydrogen-bond donors (Lipinski definition) is 2. The Morgan fingerprint density at radius 3 is 2.47 bits per heavy atom. The summed E-state index contributed by atoms with van der Waals surface area (Å²) in [5, 5.41) is 21.4. The van der Waals surface area contributed by atoms with Gasteiger partial charge in [0.15, 0.2) is 0 Å². The summed E-state index contributed by atoms with van der Waals surface area (Å²) < 4.78 is 12.0. The van der Waals surface area contributed by atoms with Crippen molar-refractivity contribution in [2.24, 2.45) is 0 Å². The number of aliphatic hydroxyl groups excluding tert-OH is 2. The Bertz CT molecular complexity index is 871. The summed E-state index contributed by atoms with van der Waals surface area (Å²) in [6, 6.07) is 11.8. The van der Waals surface area contributed by atoms with E-state index in [-0.39, 0.29) is 5.60 Å². The van der Waals surface area contributed by atoms with E-state index in [0.717, 1.165) is 48.6 Å². The van der Waals surface area contributed by atoms with E-state index in [0.29, 0.717) is 19.6 Å². The number of hydrogen-bond acceptors (Lipinski definition) is 5. The minimum Gasteiger partial charge on any atom is -0.494 e. The molecular weight excluding hydrogens is 378 g/mol. The third-order valence-corrected chi connectivity index (χ3v) is 6.65. The summed E-state index contributed by atoms with van der Waals surface area (Å²) in [4.78, 5) is 2.29. The van der Waals surface area contributed by atoms with Crippen molar-refractivity contribution in [2.75, 3.05) is 26.2 Å². The van der Waals surface area contributed by atoms with Gasteiger partial charge in [-0.05, 0) is 74.6 Å². The molecule has 30 heavy (non-hydrogen) atoms. The molecule has 0 aromatic heterocycles. The van der Waals surface area contributed by atoms with Gasteiger partial charge in [0.1, 0.15) is 17.1 Å². The van der Waals surface area contributed by atoms with Crippen molar-refractivity contribution in [3.05, 3.63) is 58.7 Å². The number of aryl methyl sites for hydroxylation is 2. The van der Waals surface area contributed by atoms with Crippen LogP contribution in [0.1, 0.15) is 60.6 Å². The number of β-amino-alcohol motifs (C(OH)–C–C–N with tert-alkyl or cyclic N) is 1. The second-order valence-corrected chi connectivity index (χ2v) is 8.80. The fourth-order valence-corrected chi connectivity index (χ4v) is 4.65. The summed E-state index contributed by atoms with van der Waals surface area (Å²) in [7, 11) is 0. The first kappa shape index (κ1) is 21.2. The first-order valence-electron chi connectivity index (χ1n) is 11.0. The van der Waals surface area contributed by atoms with Crippen LogP contribution in [0.25, 0.3) is 0 Å². The van der Waals surface area contributed by atoms with Crippen molar-refractivity contribution >= 4 is 0 Å². The molecule has 0 aliphatic carbocycles. The summed E-state index contributed by atoms with van der Waals surface area (Å²) in [5.74, 6) is 1.66. The lowest BCUT2D eigenvalue weighted by molar-refractivity contribution is -0.0588. The van der Waals surface area contributed by atoms with Crippen molar-refractivity contribution in [2.45, 2.75) is 57.8 Å². The Balaban J connectivity index is 1.37. The number of nitrogens with zero attached hydrogens (tertiary/aromatic N) is 1. The zero-order chi connectivity index (χ0) is 21.3. The van der Waals surface area contributed by atoms with E-state index in [1.807, 2.05) is 31.2 Å². The van der Waals surface area contributed by atoms with Crippen LogP contribution < -0.4 is 9.47 Å². The largest absolute Gasteiger partial charge is 0.494 e. The molecule has 2 N–H and O–H groups in total. The lowest BCUT2D eigenvalue weighted by atomic mass is 9.81. The molecule has 0 bridgehead atoms. The second kappa shape index (κ2) is 8.58. The molecule has 1 fully saturated rings. The fourth-order valence-electron chi connectivity index (χ4n) is 4.65.